The summed E-state index contributed by atoms with van der Waals surface area (Å²) in [6, 6.07) is 73.8. The summed E-state index contributed by atoms with van der Waals surface area (Å²) in [5.74, 6) is 0. The van der Waals surface area contributed by atoms with Crippen LogP contribution in [0.15, 0.2) is 200 Å². The predicted octanol–water partition coefficient (Wildman–Crippen LogP) is 13.7. The lowest BCUT2D eigenvalue weighted by Gasteiger charge is -2.30. The fourth-order valence-corrected chi connectivity index (χ4v) is 9.93. The molecule has 256 valence electrons. The first-order valence-electron chi connectivity index (χ1n) is 19.1. The van der Waals surface area contributed by atoms with Crippen molar-refractivity contribution in [3.63, 3.8) is 0 Å². The Kier molecular flexibility index (Phi) is 6.29. The molecular formula is C53H34N2. The molecule has 0 unspecified atom stereocenters. The van der Waals surface area contributed by atoms with Gasteiger partial charge in [0.1, 0.15) is 0 Å². The molecule has 2 nitrogen and oxygen atoms in total. The number of hydrogen-bond donors (Lipinski definition) is 1. The summed E-state index contributed by atoms with van der Waals surface area (Å²) in [6.45, 7) is 0. The molecular weight excluding hydrogens is 665 g/mol. The molecule has 0 saturated heterocycles. The number of nitrogens with one attached hydrogen (secondary N) is 1. The van der Waals surface area contributed by atoms with Crippen LogP contribution in [0.5, 0.6) is 0 Å². The van der Waals surface area contributed by atoms with Crippen LogP contribution in [-0.4, -0.2) is 4.57 Å². The molecule has 0 saturated carbocycles. The standard InChI is InChI=1S/C53H34N2/c1-2-14-39-34(12-1)13-11-19-40(39)35-24-26-36(27-25-35)54-37-28-31-52-46(32-37)45-18-6-10-23-51(45)55(52)38-29-30-44-43-17-5-9-22-49(43)53(50(44)33-38)47-20-7-3-15-41(47)42-16-4-8-21-48(42)53/h1-33,54H. The maximum Gasteiger partial charge on any atom is 0.0726 e. The number of nitrogens with zero attached hydrogens (tertiary/aromatic N) is 1. The molecule has 0 bridgehead atoms. The second-order valence-corrected chi connectivity index (χ2v) is 14.9. The van der Waals surface area contributed by atoms with Crippen molar-refractivity contribution < 1.29 is 0 Å². The fourth-order valence-electron chi connectivity index (χ4n) is 9.93. The normalized spacial score (nSPS) is 13.2. The fraction of sp³-hybridized carbons (Fsp3) is 0.0189. The van der Waals surface area contributed by atoms with Gasteiger partial charge in [-0.2, -0.15) is 0 Å². The van der Waals surface area contributed by atoms with Gasteiger partial charge in [-0.3, -0.25) is 0 Å². The number of benzene rings is 9. The van der Waals surface area contributed by atoms with Crippen molar-refractivity contribution in [1.29, 1.82) is 0 Å². The van der Waals surface area contributed by atoms with Gasteiger partial charge in [0.15, 0.2) is 0 Å². The SMILES string of the molecule is c1ccc2c(c1)-c1ccccc1C21c2ccccc2-c2ccc(-n3c4ccccc4c4cc(Nc5ccc(-c6cccc7ccccc67)cc5)ccc43)cc21. The van der Waals surface area contributed by atoms with Gasteiger partial charge in [-0.15, -0.1) is 0 Å². The third-order valence-electron chi connectivity index (χ3n) is 12.2. The summed E-state index contributed by atoms with van der Waals surface area (Å²) >= 11 is 0. The summed E-state index contributed by atoms with van der Waals surface area (Å²) in [5.41, 5.74) is 18.5. The number of hydrogen-bond acceptors (Lipinski definition) is 1. The van der Waals surface area contributed by atoms with E-state index >= 15 is 0 Å². The minimum atomic E-state index is -0.381. The molecule has 1 N–H and O–H groups in total. The summed E-state index contributed by atoms with van der Waals surface area (Å²) in [4.78, 5) is 0. The molecule has 1 heterocycles. The highest BCUT2D eigenvalue weighted by molar-refractivity contribution is 6.10. The topological polar surface area (TPSA) is 17.0 Å². The van der Waals surface area contributed by atoms with E-state index in [1.54, 1.807) is 0 Å². The summed E-state index contributed by atoms with van der Waals surface area (Å²) in [5, 5.41) is 8.71. The average molecular weight is 699 g/mol. The Labute approximate surface area is 319 Å². The molecule has 1 spiro atoms. The Morgan fingerprint density at radius 2 is 0.891 bits per heavy atom. The van der Waals surface area contributed by atoms with Gasteiger partial charge in [0.05, 0.1) is 16.4 Å². The summed E-state index contributed by atoms with van der Waals surface area (Å²) in [6.07, 6.45) is 0. The Hall–Kier alpha value is -7.16. The molecule has 2 aliphatic rings. The van der Waals surface area contributed by atoms with E-state index in [4.69, 9.17) is 0 Å². The molecule has 0 aliphatic heterocycles. The van der Waals surface area contributed by atoms with Crippen LogP contribution in [0.2, 0.25) is 0 Å². The van der Waals surface area contributed by atoms with Crippen LogP contribution in [0.1, 0.15) is 22.3 Å². The van der Waals surface area contributed by atoms with E-state index in [9.17, 15) is 0 Å². The van der Waals surface area contributed by atoms with Crippen molar-refractivity contribution in [3.05, 3.63) is 222 Å². The molecule has 0 fully saturated rings. The number of para-hydroxylation sites is 1. The second-order valence-electron chi connectivity index (χ2n) is 14.9. The molecule has 0 atom stereocenters. The van der Waals surface area contributed by atoms with Crippen molar-refractivity contribution in [2.45, 2.75) is 5.41 Å². The van der Waals surface area contributed by atoms with Gasteiger partial charge >= 0.3 is 0 Å². The van der Waals surface area contributed by atoms with Crippen LogP contribution in [0.25, 0.3) is 71.6 Å². The van der Waals surface area contributed by atoms with Gasteiger partial charge in [-0.1, -0.05) is 152 Å². The van der Waals surface area contributed by atoms with E-state index in [1.807, 2.05) is 0 Å². The molecule has 55 heavy (non-hydrogen) atoms. The molecule has 9 aromatic carbocycles. The average Bonchev–Trinajstić information content (AvgIpc) is 3.85. The summed E-state index contributed by atoms with van der Waals surface area (Å²) < 4.78 is 2.46. The molecule has 12 rings (SSSR count). The first-order chi connectivity index (χ1) is 27.3. The number of anilines is 2. The Morgan fingerprint density at radius 1 is 0.345 bits per heavy atom. The van der Waals surface area contributed by atoms with Gasteiger partial charge in [-0.05, 0) is 115 Å². The minimum absolute atomic E-state index is 0.381. The van der Waals surface area contributed by atoms with E-state index in [0.717, 1.165) is 11.4 Å². The maximum absolute atomic E-state index is 3.71. The van der Waals surface area contributed by atoms with E-state index in [0.29, 0.717) is 0 Å². The second kappa shape index (κ2) is 11.4. The number of fused-ring (bicyclic) bond motifs is 14. The zero-order chi connectivity index (χ0) is 36.1. The van der Waals surface area contributed by atoms with E-state index in [2.05, 4.69) is 210 Å². The Morgan fingerprint density at radius 3 is 1.62 bits per heavy atom. The smallest absolute Gasteiger partial charge is 0.0726 e. The third-order valence-corrected chi connectivity index (χ3v) is 12.2. The monoisotopic (exact) mass is 698 g/mol. The largest absolute Gasteiger partial charge is 0.356 e. The Balaban J connectivity index is 0.984. The molecule has 0 amide bonds. The van der Waals surface area contributed by atoms with E-state index < -0.39 is 0 Å². The van der Waals surface area contributed by atoms with Gasteiger partial charge in [-0.25, -0.2) is 0 Å². The lowest BCUT2D eigenvalue weighted by atomic mass is 9.70. The van der Waals surface area contributed by atoms with Crippen LogP contribution in [-0.2, 0) is 5.41 Å². The van der Waals surface area contributed by atoms with Crippen molar-refractivity contribution >= 4 is 44.0 Å². The van der Waals surface area contributed by atoms with Gasteiger partial charge in [0.2, 0.25) is 0 Å². The van der Waals surface area contributed by atoms with Crippen LogP contribution >= 0.6 is 0 Å². The molecule has 2 aliphatic carbocycles. The first kappa shape index (κ1) is 30.3. The Bertz CT molecular complexity index is 3110. The lowest BCUT2D eigenvalue weighted by molar-refractivity contribution is 0.792. The number of aromatic nitrogens is 1. The zero-order valence-electron chi connectivity index (χ0n) is 30.0. The van der Waals surface area contributed by atoms with Gasteiger partial charge in [0, 0.05) is 27.8 Å². The van der Waals surface area contributed by atoms with Crippen molar-refractivity contribution in [2.24, 2.45) is 0 Å². The maximum atomic E-state index is 3.71. The van der Waals surface area contributed by atoms with Crippen LogP contribution in [0, 0.1) is 0 Å². The molecule has 1 aromatic heterocycles. The van der Waals surface area contributed by atoms with E-state index in [1.165, 1.54) is 93.9 Å². The quantitative estimate of drug-likeness (QED) is 0.194. The van der Waals surface area contributed by atoms with Crippen molar-refractivity contribution in [3.8, 4) is 39.1 Å². The van der Waals surface area contributed by atoms with Gasteiger partial charge in [0.25, 0.3) is 0 Å². The molecule has 2 heteroatoms. The zero-order valence-corrected chi connectivity index (χ0v) is 30.0. The minimum Gasteiger partial charge on any atom is -0.356 e. The van der Waals surface area contributed by atoms with Crippen molar-refractivity contribution in [2.75, 3.05) is 5.32 Å². The third kappa shape index (κ3) is 4.19. The van der Waals surface area contributed by atoms with Crippen LogP contribution < -0.4 is 5.32 Å². The number of rotatable bonds is 4. The van der Waals surface area contributed by atoms with Crippen LogP contribution in [0.3, 0.4) is 0 Å². The summed E-state index contributed by atoms with van der Waals surface area (Å²) in [7, 11) is 0. The van der Waals surface area contributed by atoms with E-state index in [-0.39, 0.29) is 5.41 Å². The highest BCUT2D eigenvalue weighted by Crippen LogP contribution is 2.63. The van der Waals surface area contributed by atoms with Gasteiger partial charge < -0.3 is 9.88 Å². The van der Waals surface area contributed by atoms with Crippen molar-refractivity contribution in [1.82, 2.24) is 4.57 Å². The highest BCUT2D eigenvalue weighted by Gasteiger charge is 2.51. The predicted molar refractivity (Wildman–Crippen MR) is 230 cm³/mol. The first-order valence-corrected chi connectivity index (χ1v) is 19.1. The van der Waals surface area contributed by atoms with Crippen LogP contribution in [0.4, 0.5) is 11.4 Å². The molecule has 0 radical (unpaired) electrons. The highest BCUT2D eigenvalue weighted by atomic mass is 15.0. The molecule has 10 aromatic rings. The lowest BCUT2D eigenvalue weighted by Crippen LogP contribution is -2.26.